The van der Waals surface area contributed by atoms with Gasteiger partial charge >= 0.3 is 0 Å². The van der Waals surface area contributed by atoms with Gasteiger partial charge in [-0.1, -0.05) is 0 Å². The molecule has 0 spiro atoms. The molecule has 0 radical (unpaired) electrons. The van der Waals surface area contributed by atoms with Gasteiger partial charge in [-0.2, -0.15) is 0 Å². The number of rotatable bonds is 2. The second-order valence-electron chi connectivity index (χ2n) is 10.5. The summed E-state index contributed by atoms with van der Waals surface area (Å²) in [6.45, 7) is 24.3. The highest BCUT2D eigenvalue weighted by atomic mass is 15.3. The minimum Gasteiger partial charge on any atom is -0.299 e. The third-order valence-electron chi connectivity index (χ3n) is 6.90. The summed E-state index contributed by atoms with van der Waals surface area (Å²) in [6.07, 6.45) is 4.11. The van der Waals surface area contributed by atoms with Crippen molar-refractivity contribution in [3.8, 4) is 0 Å². The van der Waals surface area contributed by atoms with Crippen LogP contribution in [0.4, 0.5) is 0 Å². The number of hydrogen-bond acceptors (Lipinski definition) is 4. The lowest BCUT2D eigenvalue weighted by atomic mass is 9.97. The zero-order valence-corrected chi connectivity index (χ0v) is 17.7. The predicted octanol–water partition coefficient (Wildman–Crippen LogP) is 2.74. The number of hydrogen-bond donors (Lipinski definition) is 0. The first kappa shape index (κ1) is 19.6. The molecule has 0 amide bonds. The van der Waals surface area contributed by atoms with E-state index in [0.29, 0.717) is 11.1 Å². The Hall–Kier alpha value is -0.160. The molecule has 1 atom stereocenters. The first-order chi connectivity index (χ1) is 11.6. The van der Waals surface area contributed by atoms with Crippen LogP contribution in [0.2, 0.25) is 0 Å². The second-order valence-corrected chi connectivity index (χ2v) is 10.5. The zero-order valence-electron chi connectivity index (χ0n) is 17.7. The van der Waals surface area contributed by atoms with Crippen LogP contribution in [0.3, 0.4) is 0 Å². The van der Waals surface area contributed by atoms with Crippen molar-refractivity contribution in [3.63, 3.8) is 0 Å². The van der Waals surface area contributed by atoms with Gasteiger partial charge in [0.15, 0.2) is 0 Å². The zero-order chi connectivity index (χ0) is 18.2. The molecule has 3 aliphatic heterocycles. The summed E-state index contributed by atoms with van der Waals surface area (Å²) in [5, 5.41) is 0. The molecule has 4 nitrogen and oxygen atoms in total. The van der Waals surface area contributed by atoms with E-state index < -0.39 is 0 Å². The third kappa shape index (κ3) is 4.77. The maximum Gasteiger partial charge on any atom is 0.0236 e. The average molecular weight is 351 g/mol. The van der Waals surface area contributed by atoms with Crippen molar-refractivity contribution in [2.45, 2.75) is 84.0 Å². The summed E-state index contributed by atoms with van der Waals surface area (Å²) in [4.78, 5) is 10.9. The minimum atomic E-state index is 0.328. The fraction of sp³-hybridized carbons (Fsp3) is 1.00. The largest absolute Gasteiger partial charge is 0.299 e. The van der Waals surface area contributed by atoms with E-state index in [1.807, 2.05) is 0 Å². The molecule has 0 aromatic carbocycles. The molecule has 1 unspecified atom stereocenters. The topological polar surface area (TPSA) is 13.0 Å². The van der Waals surface area contributed by atoms with Gasteiger partial charge in [0.05, 0.1) is 0 Å². The third-order valence-corrected chi connectivity index (χ3v) is 6.90. The summed E-state index contributed by atoms with van der Waals surface area (Å²) in [7, 11) is 0. The summed E-state index contributed by atoms with van der Waals surface area (Å²) in [5.74, 6) is 0. The predicted molar refractivity (Wildman–Crippen MR) is 107 cm³/mol. The van der Waals surface area contributed by atoms with Gasteiger partial charge in [-0.05, 0) is 60.8 Å². The Bertz CT molecular complexity index is 380. The van der Waals surface area contributed by atoms with Crippen LogP contribution in [0.5, 0.6) is 0 Å². The van der Waals surface area contributed by atoms with Crippen molar-refractivity contribution in [2.24, 2.45) is 0 Å². The summed E-state index contributed by atoms with van der Waals surface area (Å²) >= 11 is 0. The van der Waals surface area contributed by atoms with E-state index in [4.69, 9.17) is 0 Å². The van der Waals surface area contributed by atoms with E-state index in [1.165, 1.54) is 71.6 Å². The van der Waals surface area contributed by atoms with Crippen molar-refractivity contribution in [3.05, 3.63) is 0 Å². The van der Waals surface area contributed by atoms with Crippen LogP contribution in [0.1, 0.15) is 60.8 Å². The highest BCUT2D eigenvalue weighted by Gasteiger charge is 2.36. The van der Waals surface area contributed by atoms with Crippen molar-refractivity contribution in [2.75, 3.05) is 52.4 Å². The lowest BCUT2D eigenvalue weighted by molar-refractivity contribution is 0.0373. The fourth-order valence-corrected chi connectivity index (χ4v) is 5.06. The van der Waals surface area contributed by atoms with Crippen molar-refractivity contribution < 1.29 is 0 Å². The van der Waals surface area contributed by atoms with Crippen molar-refractivity contribution >= 4 is 0 Å². The second kappa shape index (κ2) is 7.46. The van der Waals surface area contributed by atoms with Gasteiger partial charge in [0.25, 0.3) is 0 Å². The number of likely N-dealkylation sites (tertiary alicyclic amines) is 2. The molecule has 0 aromatic rings. The van der Waals surface area contributed by atoms with Crippen LogP contribution in [-0.2, 0) is 0 Å². The van der Waals surface area contributed by atoms with Crippen molar-refractivity contribution in [1.82, 2.24) is 19.6 Å². The van der Waals surface area contributed by atoms with Crippen molar-refractivity contribution in [1.29, 1.82) is 0 Å². The molecule has 25 heavy (non-hydrogen) atoms. The van der Waals surface area contributed by atoms with Crippen LogP contribution in [0.25, 0.3) is 0 Å². The van der Waals surface area contributed by atoms with Crippen LogP contribution in [0.15, 0.2) is 0 Å². The van der Waals surface area contributed by atoms with Gasteiger partial charge in [-0.25, -0.2) is 0 Å². The molecule has 3 heterocycles. The Balaban J connectivity index is 1.44. The lowest BCUT2D eigenvalue weighted by Crippen LogP contribution is -2.56. The molecule has 146 valence electrons. The van der Waals surface area contributed by atoms with E-state index >= 15 is 0 Å². The molecule has 0 saturated carbocycles. The van der Waals surface area contributed by atoms with E-state index in [0.717, 1.165) is 12.1 Å². The summed E-state index contributed by atoms with van der Waals surface area (Å²) in [6, 6.07) is 1.64. The van der Waals surface area contributed by atoms with Gasteiger partial charge in [0.1, 0.15) is 0 Å². The monoisotopic (exact) mass is 350 g/mol. The normalized spacial score (nSPS) is 30.2. The Labute approximate surface area is 156 Å². The Kier molecular flexibility index (Phi) is 5.85. The first-order valence-electron chi connectivity index (χ1n) is 10.6. The number of piperidine rings is 1. The van der Waals surface area contributed by atoms with Crippen LogP contribution < -0.4 is 0 Å². The standard InChI is InChI=1S/C21H42N4/c1-20(2,3)24-11-8-18(9-12-24)23-10-7-19(17-23)22-13-15-25(16-14-22)21(4,5)6/h18-19H,7-17H2,1-6H3. The fourth-order valence-electron chi connectivity index (χ4n) is 5.06. The highest BCUT2D eigenvalue weighted by molar-refractivity contribution is 4.93. The number of nitrogens with zero attached hydrogens (tertiary/aromatic N) is 4. The summed E-state index contributed by atoms with van der Waals surface area (Å²) in [5.41, 5.74) is 0.667. The first-order valence-corrected chi connectivity index (χ1v) is 10.6. The average Bonchev–Trinajstić information content (AvgIpc) is 3.03. The molecule has 0 aliphatic carbocycles. The molecule has 4 heteroatoms. The lowest BCUT2D eigenvalue weighted by Gasteiger charge is -2.45. The quantitative estimate of drug-likeness (QED) is 0.759. The van der Waals surface area contributed by atoms with Crippen LogP contribution in [0, 0.1) is 0 Å². The van der Waals surface area contributed by atoms with E-state index in [9.17, 15) is 0 Å². The van der Waals surface area contributed by atoms with Crippen LogP contribution in [-0.4, -0.2) is 95.1 Å². The highest BCUT2D eigenvalue weighted by Crippen LogP contribution is 2.27. The molecular formula is C21H42N4. The molecule has 3 fully saturated rings. The SMILES string of the molecule is CC(C)(C)N1CCC(N2CCC(N3CCN(C(C)(C)C)CC3)C2)CC1. The Morgan fingerprint density at radius 1 is 0.520 bits per heavy atom. The van der Waals surface area contributed by atoms with E-state index in [2.05, 4.69) is 61.1 Å². The molecular weight excluding hydrogens is 308 g/mol. The molecule has 3 rings (SSSR count). The van der Waals surface area contributed by atoms with E-state index in [1.54, 1.807) is 0 Å². The minimum absolute atomic E-state index is 0.328. The van der Waals surface area contributed by atoms with Gasteiger partial charge < -0.3 is 0 Å². The van der Waals surface area contributed by atoms with Gasteiger partial charge in [-0.3, -0.25) is 19.6 Å². The molecule has 3 aliphatic rings. The van der Waals surface area contributed by atoms with Gasteiger partial charge in [0.2, 0.25) is 0 Å². The maximum atomic E-state index is 2.82. The molecule has 0 bridgehead atoms. The molecule has 0 N–H and O–H groups in total. The molecule has 0 aromatic heterocycles. The smallest absolute Gasteiger partial charge is 0.0236 e. The Morgan fingerprint density at radius 2 is 1.00 bits per heavy atom. The maximum absolute atomic E-state index is 2.82. The van der Waals surface area contributed by atoms with Gasteiger partial charge in [0, 0.05) is 75.5 Å². The summed E-state index contributed by atoms with van der Waals surface area (Å²) < 4.78 is 0. The number of piperazine rings is 1. The van der Waals surface area contributed by atoms with Crippen LogP contribution >= 0.6 is 0 Å². The molecule has 3 saturated heterocycles. The van der Waals surface area contributed by atoms with Gasteiger partial charge in [-0.15, -0.1) is 0 Å². The Morgan fingerprint density at radius 3 is 1.52 bits per heavy atom. The van der Waals surface area contributed by atoms with E-state index in [-0.39, 0.29) is 0 Å².